The van der Waals surface area contributed by atoms with Crippen LogP contribution in [0.1, 0.15) is 28.1 Å². The van der Waals surface area contributed by atoms with Gasteiger partial charge in [-0.3, -0.25) is 0 Å². The highest BCUT2D eigenvalue weighted by Gasteiger charge is 2.09. The van der Waals surface area contributed by atoms with Crippen LogP contribution >= 0.6 is 23.4 Å². The van der Waals surface area contributed by atoms with E-state index in [0.29, 0.717) is 23.3 Å². The lowest BCUT2D eigenvalue weighted by Crippen LogP contribution is -1.90. The highest BCUT2D eigenvalue weighted by atomic mass is 35.5. The van der Waals surface area contributed by atoms with E-state index in [0.717, 1.165) is 10.6 Å². The van der Waals surface area contributed by atoms with Crippen LogP contribution in [-0.4, -0.2) is 10.2 Å². The van der Waals surface area contributed by atoms with Gasteiger partial charge in [0.2, 0.25) is 5.89 Å². The molecule has 0 aliphatic heterocycles. The van der Waals surface area contributed by atoms with Gasteiger partial charge in [0.15, 0.2) is 0 Å². The molecule has 3 aromatic rings. The van der Waals surface area contributed by atoms with Crippen molar-refractivity contribution in [1.29, 1.82) is 0 Å². The molecule has 0 spiro atoms. The van der Waals surface area contributed by atoms with E-state index < -0.39 is 0 Å². The molecule has 0 radical (unpaired) electrons. The van der Waals surface area contributed by atoms with Crippen LogP contribution in [0.3, 0.4) is 0 Å². The molecule has 0 saturated carbocycles. The van der Waals surface area contributed by atoms with Crippen molar-refractivity contribution in [2.75, 3.05) is 0 Å². The van der Waals surface area contributed by atoms with Crippen LogP contribution in [0, 0.1) is 13.8 Å². The van der Waals surface area contributed by atoms with E-state index in [2.05, 4.69) is 42.2 Å². The second kappa shape index (κ2) is 7.20. The Morgan fingerprint density at radius 3 is 2.65 bits per heavy atom. The number of rotatable bonds is 5. The summed E-state index contributed by atoms with van der Waals surface area (Å²) >= 11 is 7.65. The van der Waals surface area contributed by atoms with E-state index in [9.17, 15) is 0 Å². The monoisotopic (exact) mass is 344 g/mol. The average Bonchev–Trinajstić information content (AvgIpc) is 2.98. The number of benzene rings is 2. The van der Waals surface area contributed by atoms with Crippen LogP contribution in [0.2, 0.25) is 5.02 Å². The van der Waals surface area contributed by atoms with E-state index in [4.69, 9.17) is 16.0 Å². The third-order valence-corrected chi connectivity index (χ3v) is 4.92. The Balaban J connectivity index is 1.64. The zero-order valence-electron chi connectivity index (χ0n) is 13.0. The van der Waals surface area contributed by atoms with Gasteiger partial charge in [0.1, 0.15) is 0 Å². The Bertz CT molecular complexity index is 816. The molecule has 1 aromatic heterocycles. The van der Waals surface area contributed by atoms with Crippen molar-refractivity contribution in [2.45, 2.75) is 31.2 Å². The van der Waals surface area contributed by atoms with Gasteiger partial charge >= 0.3 is 0 Å². The standard InChI is InChI=1S/C18H17ClN2OS/c1-12-7-8-14(9-13(12)2)10-17-20-21-18(22-17)23-11-15-5-3-4-6-16(15)19/h3-9H,10-11H2,1-2H3. The van der Waals surface area contributed by atoms with Crippen LogP contribution in [0.15, 0.2) is 52.1 Å². The summed E-state index contributed by atoms with van der Waals surface area (Å²) in [5.41, 5.74) is 4.80. The molecule has 3 rings (SSSR count). The second-order valence-corrected chi connectivity index (χ2v) is 6.77. The lowest BCUT2D eigenvalue weighted by molar-refractivity contribution is 0.420. The molecule has 0 aliphatic carbocycles. The van der Waals surface area contributed by atoms with Crippen molar-refractivity contribution >= 4 is 23.4 Å². The van der Waals surface area contributed by atoms with Gasteiger partial charge in [-0.2, -0.15) is 0 Å². The zero-order valence-corrected chi connectivity index (χ0v) is 14.6. The minimum absolute atomic E-state index is 0.573. The molecule has 118 valence electrons. The second-order valence-electron chi connectivity index (χ2n) is 5.44. The van der Waals surface area contributed by atoms with Crippen molar-refractivity contribution in [3.05, 3.63) is 75.6 Å². The number of hydrogen-bond donors (Lipinski definition) is 0. The van der Waals surface area contributed by atoms with Crippen LogP contribution in [0.4, 0.5) is 0 Å². The first-order chi connectivity index (χ1) is 11.1. The summed E-state index contributed by atoms with van der Waals surface area (Å²) in [6, 6.07) is 14.2. The summed E-state index contributed by atoms with van der Waals surface area (Å²) in [4.78, 5) is 0. The van der Waals surface area contributed by atoms with Gasteiger partial charge in [0.05, 0.1) is 6.42 Å². The van der Waals surface area contributed by atoms with Crippen molar-refractivity contribution in [3.63, 3.8) is 0 Å². The summed E-state index contributed by atoms with van der Waals surface area (Å²) in [6.07, 6.45) is 0.654. The minimum atomic E-state index is 0.573. The average molecular weight is 345 g/mol. The topological polar surface area (TPSA) is 38.9 Å². The van der Waals surface area contributed by atoms with E-state index in [1.54, 1.807) is 0 Å². The number of aryl methyl sites for hydroxylation is 2. The highest BCUT2D eigenvalue weighted by Crippen LogP contribution is 2.26. The van der Waals surface area contributed by atoms with Gasteiger partial charge < -0.3 is 4.42 Å². The maximum absolute atomic E-state index is 6.15. The molecule has 5 heteroatoms. The maximum atomic E-state index is 6.15. The Morgan fingerprint density at radius 2 is 1.87 bits per heavy atom. The molecule has 0 aliphatic rings. The molecule has 23 heavy (non-hydrogen) atoms. The third kappa shape index (κ3) is 4.15. The molecule has 0 unspecified atom stereocenters. The number of halogens is 1. The molecule has 0 amide bonds. The van der Waals surface area contributed by atoms with Gasteiger partial charge in [0.25, 0.3) is 5.22 Å². The molecular formula is C18H17ClN2OS. The lowest BCUT2D eigenvalue weighted by Gasteiger charge is -2.02. The lowest BCUT2D eigenvalue weighted by atomic mass is 10.0. The van der Waals surface area contributed by atoms with Gasteiger partial charge in [-0.05, 0) is 42.2 Å². The first-order valence-corrected chi connectivity index (χ1v) is 8.73. The molecule has 0 atom stereocenters. The van der Waals surface area contributed by atoms with E-state index in [1.807, 2.05) is 24.3 Å². The van der Waals surface area contributed by atoms with E-state index in [1.165, 1.54) is 28.5 Å². The molecule has 0 bridgehead atoms. The molecular weight excluding hydrogens is 328 g/mol. The molecule has 1 heterocycles. The largest absolute Gasteiger partial charge is 0.416 e. The summed E-state index contributed by atoms with van der Waals surface area (Å²) < 4.78 is 5.72. The number of thioether (sulfide) groups is 1. The Kier molecular flexibility index (Phi) is 5.03. The van der Waals surface area contributed by atoms with Gasteiger partial charge in [-0.15, -0.1) is 10.2 Å². The summed E-state index contributed by atoms with van der Waals surface area (Å²) in [5.74, 6) is 1.35. The fourth-order valence-corrected chi connectivity index (χ4v) is 3.28. The fraction of sp³-hybridized carbons (Fsp3) is 0.222. The van der Waals surface area contributed by atoms with Gasteiger partial charge in [-0.1, -0.05) is 59.8 Å². The molecule has 0 saturated heterocycles. The summed E-state index contributed by atoms with van der Waals surface area (Å²) in [7, 11) is 0. The smallest absolute Gasteiger partial charge is 0.276 e. The van der Waals surface area contributed by atoms with E-state index in [-0.39, 0.29) is 0 Å². The summed E-state index contributed by atoms with van der Waals surface area (Å²) in [6.45, 7) is 4.22. The van der Waals surface area contributed by atoms with Gasteiger partial charge in [-0.25, -0.2) is 0 Å². The first kappa shape index (κ1) is 16.1. The first-order valence-electron chi connectivity index (χ1n) is 7.36. The van der Waals surface area contributed by atoms with Crippen molar-refractivity contribution < 1.29 is 4.42 Å². The SMILES string of the molecule is Cc1ccc(Cc2nnc(SCc3ccccc3Cl)o2)cc1C. The Labute approximate surface area is 145 Å². The molecule has 2 aromatic carbocycles. The van der Waals surface area contributed by atoms with Crippen LogP contribution < -0.4 is 0 Å². The van der Waals surface area contributed by atoms with Crippen molar-refractivity contribution in [1.82, 2.24) is 10.2 Å². The third-order valence-electron chi connectivity index (χ3n) is 3.68. The molecule has 3 nitrogen and oxygen atoms in total. The van der Waals surface area contributed by atoms with Crippen molar-refractivity contribution in [2.24, 2.45) is 0 Å². The minimum Gasteiger partial charge on any atom is -0.416 e. The molecule has 0 fully saturated rings. The molecule has 0 N–H and O–H groups in total. The van der Waals surface area contributed by atoms with Crippen molar-refractivity contribution in [3.8, 4) is 0 Å². The summed E-state index contributed by atoms with van der Waals surface area (Å²) in [5, 5.41) is 9.56. The highest BCUT2D eigenvalue weighted by molar-refractivity contribution is 7.98. The van der Waals surface area contributed by atoms with Crippen LogP contribution in [-0.2, 0) is 12.2 Å². The predicted octanol–water partition coefficient (Wildman–Crippen LogP) is 5.22. The zero-order chi connectivity index (χ0) is 16.2. The normalized spacial score (nSPS) is 10.9. The number of aromatic nitrogens is 2. The van der Waals surface area contributed by atoms with E-state index >= 15 is 0 Å². The predicted molar refractivity (Wildman–Crippen MR) is 94.0 cm³/mol. The van der Waals surface area contributed by atoms with Gasteiger partial charge in [0, 0.05) is 10.8 Å². The number of hydrogen-bond acceptors (Lipinski definition) is 4. The maximum Gasteiger partial charge on any atom is 0.276 e. The Hall–Kier alpha value is -1.78. The quantitative estimate of drug-likeness (QED) is 0.594. The van der Waals surface area contributed by atoms with Crippen LogP contribution in [0.5, 0.6) is 0 Å². The van der Waals surface area contributed by atoms with Crippen LogP contribution in [0.25, 0.3) is 0 Å². The number of nitrogens with zero attached hydrogens (tertiary/aromatic N) is 2. The fourth-order valence-electron chi connectivity index (χ4n) is 2.21. The Morgan fingerprint density at radius 1 is 1.04 bits per heavy atom.